The molecule has 1 aromatic carbocycles. The topological polar surface area (TPSA) is 81.7 Å². The van der Waals surface area contributed by atoms with E-state index in [-0.39, 0.29) is 6.61 Å². The van der Waals surface area contributed by atoms with E-state index in [1.807, 2.05) is 11.6 Å². The zero-order valence-electron chi connectivity index (χ0n) is 12.2. The molecule has 1 aromatic rings. The molecule has 0 amide bonds. The first-order valence-corrected chi connectivity index (χ1v) is 8.14. The number of unbranched alkanes of at least 4 members (excludes halogenated alkanes) is 1. The van der Waals surface area contributed by atoms with Gasteiger partial charge in [-0.1, -0.05) is 25.5 Å². The Labute approximate surface area is 131 Å². The van der Waals surface area contributed by atoms with Gasteiger partial charge in [0.25, 0.3) is 0 Å². The van der Waals surface area contributed by atoms with Gasteiger partial charge in [-0.25, -0.2) is 8.42 Å². The van der Waals surface area contributed by atoms with Gasteiger partial charge in [0.15, 0.2) is 0 Å². The minimum atomic E-state index is -5.04. The fourth-order valence-electron chi connectivity index (χ4n) is 1.49. The van der Waals surface area contributed by atoms with Crippen molar-refractivity contribution in [3.8, 4) is 5.75 Å². The predicted molar refractivity (Wildman–Crippen MR) is 74.2 cm³/mol. The maximum absolute atomic E-state index is 12.3. The molecule has 0 fully saturated rings. The highest BCUT2D eigenvalue weighted by molar-refractivity contribution is 7.89. The number of hydrogen-bond donors (Lipinski definition) is 1. The van der Waals surface area contributed by atoms with Crippen LogP contribution in [0.25, 0.3) is 0 Å². The molecule has 0 aliphatic heterocycles. The zero-order chi connectivity index (χ0) is 17.5. The van der Waals surface area contributed by atoms with Crippen molar-refractivity contribution in [3.05, 3.63) is 24.3 Å². The fourth-order valence-corrected chi connectivity index (χ4v) is 2.59. The van der Waals surface area contributed by atoms with Crippen LogP contribution in [-0.4, -0.2) is 33.9 Å². The quantitative estimate of drug-likeness (QED) is 0.571. The summed E-state index contributed by atoms with van der Waals surface area (Å²) in [6.45, 7) is 1.34. The van der Waals surface area contributed by atoms with Crippen molar-refractivity contribution in [2.75, 3.05) is 13.2 Å². The van der Waals surface area contributed by atoms with E-state index in [9.17, 15) is 26.4 Å². The number of hydrogen-bond acceptors (Lipinski definition) is 5. The number of benzene rings is 1. The second-order valence-electron chi connectivity index (χ2n) is 4.39. The smallest absolute Gasteiger partial charge is 0.465 e. The maximum Gasteiger partial charge on any atom is 0.573 e. The summed E-state index contributed by atoms with van der Waals surface area (Å²) in [4.78, 5) is 10.6. The fraction of sp³-hybridized carbons (Fsp3) is 0.462. The van der Waals surface area contributed by atoms with Gasteiger partial charge in [-0.05, 0) is 18.6 Å². The molecule has 0 unspecified atom stereocenters. The van der Waals surface area contributed by atoms with Crippen LogP contribution in [0, 0.1) is 0 Å². The van der Waals surface area contributed by atoms with E-state index in [2.05, 4.69) is 4.74 Å². The molecular weight excluding hydrogens is 339 g/mol. The Balaban J connectivity index is 2.79. The van der Waals surface area contributed by atoms with Crippen LogP contribution in [0.4, 0.5) is 13.2 Å². The number of carbonyl (C=O) groups is 1. The van der Waals surface area contributed by atoms with Gasteiger partial charge in [0.05, 0.1) is 6.61 Å². The lowest BCUT2D eigenvalue weighted by molar-refractivity contribution is -0.275. The molecule has 1 rings (SSSR count). The number of rotatable bonds is 8. The monoisotopic (exact) mass is 355 g/mol. The van der Waals surface area contributed by atoms with E-state index in [1.165, 1.54) is 12.1 Å². The second-order valence-corrected chi connectivity index (χ2v) is 6.13. The van der Waals surface area contributed by atoms with Gasteiger partial charge >= 0.3 is 12.3 Å². The van der Waals surface area contributed by atoms with Gasteiger partial charge in [-0.2, -0.15) is 4.72 Å². The highest BCUT2D eigenvalue weighted by Gasteiger charge is 2.34. The summed E-state index contributed by atoms with van der Waals surface area (Å²) in [5.41, 5.74) is 0. The van der Waals surface area contributed by atoms with Crippen LogP contribution in [0.1, 0.15) is 19.8 Å². The lowest BCUT2D eigenvalue weighted by atomic mass is 10.3. The van der Waals surface area contributed by atoms with Crippen molar-refractivity contribution >= 4 is 16.0 Å². The summed E-state index contributed by atoms with van der Waals surface area (Å²) in [5, 5.41) is 0. The Kier molecular flexibility index (Phi) is 6.82. The molecule has 0 aliphatic carbocycles. The molecule has 0 aliphatic rings. The molecule has 0 spiro atoms. The standard InChI is InChI=1S/C13H16F3NO5S/c1-2-3-8-21-12(18)9-17-23(19,20)11-7-5-4-6-10(11)22-13(14,15)16/h4-7,17H,2-3,8-9H2,1H3. The predicted octanol–water partition coefficient (Wildman–Crippen LogP) is 2.21. The third kappa shape index (κ3) is 6.87. The van der Waals surface area contributed by atoms with E-state index in [1.54, 1.807) is 0 Å². The van der Waals surface area contributed by atoms with E-state index in [0.29, 0.717) is 6.42 Å². The molecule has 0 saturated heterocycles. The number of esters is 1. The Morgan fingerprint density at radius 1 is 1.26 bits per heavy atom. The number of halogens is 3. The van der Waals surface area contributed by atoms with Gasteiger partial charge in [-0.3, -0.25) is 4.79 Å². The highest BCUT2D eigenvalue weighted by atomic mass is 32.2. The molecule has 0 saturated carbocycles. The van der Waals surface area contributed by atoms with Gasteiger partial charge in [0.1, 0.15) is 17.2 Å². The van der Waals surface area contributed by atoms with Gasteiger partial charge in [-0.15, -0.1) is 13.2 Å². The Bertz CT molecular complexity index is 631. The number of ether oxygens (including phenoxy) is 2. The molecule has 1 N–H and O–H groups in total. The van der Waals surface area contributed by atoms with Crippen molar-refractivity contribution in [1.82, 2.24) is 4.72 Å². The second kappa shape index (κ2) is 8.16. The van der Waals surface area contributed by atoms with Crippen molar-refractivity contribution in [1.29, 1.82) is 0 Å². The first-order chi connectivity index (χ1) is 10.7. The summed E-state index contributed by atoms with van der Waals surface area (Å²) in [6.07, 6.45) is -3.62. The van der Waals surface area contributed by atoms with E-state index < -0.39 is 39.5 Å². The lowest BCUT2D eigenvalue weighted by Gasteiger charge is -2.13. The van der Waals surface area contributed by atoms with Crippen molar-refractivity contribution in [3.63, 3.8) is 0 Å². The number of nitrogens with one attached hydrogen (secondary N) is 1. The highest BCUT2D eigenvalue weighted by Crippen LogP contribution is 2.29. The molecular formula is C13H16F3NO5S. The van der Waals surface area contributed by atoms with Crippen molar-refractivity contribution in [2.24, 2.45) is 0 Å². The minimum absolute atomic E-state index is 0.144. The molecule has 0 bridgehead atoms. The molecule has 10 heteroatoms. The maximum atomic E-state index is 12.3. The minimum Gasteiger partial charge on any atom is -0.465 e. The first kappa shape index (κ1) is 19.2. The summed E-state index contributed by atoms with van der Waals surface area (Å²) >= 11 is 0. The molecule has 23 heavy (non-hydrogen) atoms. The number of carbonyl (C=O) groups excluding carboxylic acids is 1. The molecule has 6 nitrogen and oxygen atoms in total. The van der Waals surface area contributed by atoms with Gasteiger partial charge in [0.2, 0.25) is 10.0 Å². The molecule has 0 aromatic heterocycles. The van der Waals surface area contributed by atoms with Crippen LogP contribution >= 0.6 is 0 Å². The van der Waals surface area contributed by atoms with Crippen LogP contribution in [0.2, 0.25) is 0 Å². The normalized spacial score (nSPS) is 12.0. The van der Waals surface area contributed by atoms with Crippen molar-refractivity contribution in [2.45, 2.75) is 31.0 Å². The van der Waals surface area contributed by atoms with Crippen LogP contribution in [0.5, 0.6) is 5.75 Å². The third-order valence-electron chi connectivity index (χ3n) is 2.53. The van der Waals surface area contributed by atoms with E-state index in [4.69, 9.17) is 4.74 Å². The summed E-state index contributed by atoms with van der Waals surface area (Å²) in [6, 6.07) is 4.23. The van der Waals surface area contributed by atoms with Gasteiger partial charge < -0.3 is 9.47 Å². The average Bonchev–Trinajstić information content (AvgIpc) is 2.44. The SMILES string of the molecule is CCCCOC(=O)CNS(=O)(=O)c1ccccc1OC(F)(F)F. The zero-order valence-corrected chi connectivity index (χ0v) is 13.0. The first-order valence-electron chi connectivity index (χ1n) is 6.66. The number of sulfonamides is 1. The molecule has 0 radical (unpaired) electrons. The van der Waals surface area contributed by atoms with Crippen LogP contribution in [0.15, 0.2) is 29.2 Å². The average molecular weight is 355 g/mol. The summed E-state index contributed by atoms with van der Waals surface area (Å²) in [5.74, 6) is -1.71. The Hall–Kier alpha value is -1.81. The molecule has 0 heterocycles. The largest absolute Gasteiger partial charge is 0.573 e. The summed E-state index contributed by atoms with van der Waals surface area (Å²) in [7, 11) is -4.36. The van der Waals surface area contributed by atoms with Crippen molar-refractivity contribution < 1.29 is 35.9 Å². The number of alkyl halides is 3. The van der Waals surface area contributed by atoms with E-state index in [0.717, 1.165) is 18.6 Å². The number of para-hydroxylation sites is 1. The molecule has 0 atom stereocenters. The van der Waals surface area contributed by atoms with Crippen LogP contribution < -0.4 is 9.46 Å². The van der Waals surface area contributed by atoms with Crippen LogP contribution in [-0.2, 0) is 19.6 Å². The van der Waals surface area contributed by atoms with Crippen LogP contribution in [0.3, 0.4) is 0 Å². The third-order valence-corrected chi connectivity index (χ3v) is 3.97. The Morgan fingerprint density at radius 3 is 2.52 bits per heavy atom. The van der Waals surface area contributed by atoms with E-state index >= 15 is 0 Å². The van der Waals surface area contributed by atoms with Gasteiger partial charge in [0, 0.05) is 0 Å². The Morgan fingerprint density at radius 2 is 1.91 bits per heavy atom. The molecule has 130 valence electrons. The lowest BCUT2D eigenvalue weighted by Crippen LogP contribution is -2.31. The summed E-state index contributed by atoms with van der Waals surface area (Å²) < 4.78 is 71.2.